The molecule has 0 saturated heterocycles. The maximum absolute atomic E-state index is 12.2. The van der Waals surface area contributed by atoms with E-state index in [9.17, 15) is 4.79 Å². The summed E-state index contributed by atoms with van der Waals surface area (Å²) in [6.07, 6.45) is 5.07. The standard InChI is InChI=1S/C16H22N2OS/c1-12-4-2-5-13(10-12)11-18-16(19)15-14(6-3-8-17)7-9-20-15/h7,9,12-13H,2,4-5,8,10-11,17H2,1H3,(H,18,19). The van der Waals surface area contributed by atoms with Crippen molar-refractivity contribution >= 4 is 17.2 Å². The number of nitrogens with two attached hydrogens (primary N) is 1. The molecule has 0 aromatic carbocycles. The van der Waals surface area contributed by atoms with Gasteiger partial charge in [0.2, 0.25) is 0 Å². The highest BCUT2D eigenvalue weighted by atomic mass is 32.1. The largest absolute Gasteiger partial charge is 0.351 e. The molecule has 0 spiro atoms. The molecule has 4 heteroatoms. The SMILES string of the molecule is CC1CCCC(CNC(=O)c2sccc2C#CCN)C1. The van der Waals surface area contributed by atoms with E-state index in [1.54, 1.807) is 0 Å². The average molecular weight is 290 g/mol. The Balaban J connectivity index is 1.90. The molecular formula is C16H22N2OS. The summed E-state index contributed by atoms with van der Waals surface area (Å²) in [5.74, 6) is 7.17. The molecule has 1 amide bonds. The average Bonchev–Trinajstić information content (AvgIpc) is 2.91. The Morgan fingerprint density at radius 1 is 1.55 bits per heavy atom. The Morgan fingerprint density at radius 3 is 3.15 bits per heavy atom. The number of nitrogens with one attached hydrogen (secondary N) is 1. The minimum atomic E-state index is -0.000419. The third kappa shape index (κ3) is 4.09. The van der Waals surface area contributed by atoms with E-state index in [-0.39, 0.29) is 5.91 Å². The molecule has 1 aromatic heterocycles. The van der Waals surface area contributed by atoms with E-state index in [0.29, 0.717) is 17.3 Å². The van der Waals surface area contributed by atoms with Gasteiger partial charge in [-0.2, -0.15) is 0 Å². The molecule has 108 valence electrons. The van der Waals surface area contributed by atoms with Crippen LogP contribution < -0.4 is 11.1 Å². The molecule has 3 N–H and O–H groups in total. The molecule has 1 fully saturated rings. The minimum Gasteiger partial charge on any atom is -0.351 e. The molecule has 1 saturated carbocycles. The zero-order chi connectivity index (χ0) is 14.4. The van der Waals surface area contributed by atoms with E-state index in [0.717, 1.165) is 18.0 Å². The van der Waals surface area contributed by atoms with Crippen molar-refractivity contribution < 1.29 is 4.79 Å². The summed E-state index contributed by atoms with van der Waals surface area (Å²) in [5.41, 5.74) is 6.16. The van der Waals surface area contributed by atoms with E-state index in [4.69, 9.17) is 5.73 Å². The summed E-state index contributed by atoms with van der Waals surface area (Å²) in [6.45, 7) is 3.40. The van der Waals surface area contributed by atoms with Crippen LogP contribution in [0, 0.1) is 23.7 Å². The monoisotopic (exact) mass is 290 g/mol. The Hall–Kier alpha value is -1.31. The first kappa shape index (κ1) is 15.1. The summed E-state index contributed by atoms with van der Waals surface area (Å²) < 4.78 is 0. The minimum absolute atomic E-state index is 0.000419. The summed E-state index contributed by atoms with van der Waals surface area (Å²) in [7, 11) is 0. The van der Waals surface area contributed by atoms with Crippen LogP contribution in [0.3, 0.4) is 0 Å². The summed E-state index contributed by atoms with van der Waals surface area (Å²) in [5, 5.41) is 4.97. The molecule has 3 nitrogen and oxygen atoms in total. The number of hydrogen-bond donors (Lipinski definition) is 2. The first-order chi connectivity index (χ1) is 9.70. The number of carbonyl (C=O) groups is 1. The smallest absolute Gasteiger partial charge is 0.262 e. The van der Waals surface area contributed by atoms with Crippen LogP contribution >= 0.6 is 11.3 Å². The lowest BCUT2D eigenvalue weighted by Crippen LogP contribution is -2.31. The van der Waals surface area contributed by atoms with Gasteiger partial charge in [-0.25, -0.2) is 0 Å². The number of hydrogen-bond acceptors (Lipinski definition) is 3. The lowest BCUT2D eigenvalue weighted by Gasteiger charge is -2.26. The van der Waals surface area contributed by atoms with Gasteiger partial charge in [0.25, 0.3) is 5.91 Å². The second-order valence-electron chi connectivity index (χ2n) is 5.52. The molecule has 2 rings (SSSR count). The van der Waals surface area contributed by atoms with Crippen molar-refractivity contribution in [3.63, 3.8) is 0 Å². The fraction of sp³-hybridized carbons (Fsp3) is 0.562. The highest BCUT2D eigenvalue weighted by molar-refractivity contribution is 7.12. The van der Waals surface area contributed by atoms with Crippen molar-refractivity contribution in [3.05, 3.63) is 21.9 Å². The van der Waals surface area contributed by atoms with Crippen molar-refractivity contribution in [1.29, 1.82) is 0 Å². The molecule has 1 aromatic rings. The third-order valence-corrected chi connectivity index (χ3v) is 4.71. The van der Waals surface area contributed by atoms with Crippen LogP contribution in [0.1, 0.15) is 47.8 Å². The van der Waals surface area contributed by atoms with Crippen molar-refractivity contribution in [2.45, 2.75) is 32.6 Å². The van der Waals surface area contributed by atoms with Crippen molar-refractivity contribution in [3.8, 4) is 11.8 Å². The highest BCUT2D eigenvalue weighted by Crippen LogP contribution is 2.28. The third-order valence-electron chi connectivity index (χ3n) is 3.79. The molecular weight excluding hydrogens is 268 g/mol. The van der Waals surface area contributed by atoms with Crippen LogP contribution in [-0.4, -0.2) is 19.0 Å². The predicted molar refractivity (Wildman–Crippen MR) is 83.7 cm³/mol. The van der Waals surface area contributed by atoms with Gasteiger partial charge in [-0.3, -0.25) is 4.79 Å². The second kappa shape index (κ2) is 7.47. The molecule has 0 bridgehead atoms. The van der Waals surface area contributed by atoms with Gasteiger partial charge in [-0.1, -0.05) is 31.6 Å². The number of amides is 1. The first-order valence-electron chi connectivity index (χ1n) is 7.25. The topological polar surface area (TPSA) is 55.1 Å². The van der Waals surface area contributed by atoms with E-state index in [1.807, 2.05) is 11.4 Å². The van der Waals surface area contributed by atoms with Crippen LogP contribution in [0.5, 0.6) is 0 Å². The van der Waals surface area contributed by atoms with Gasteiger partial charge in [0.15, 0.2) is 0 Å². The molecule has 20 heavy (non-hydrogen) atoms. The van der Waals surface area contributed by atoms with Crippen molar-refractivity contribution in [2.24, 2.45) is 17.6 Å². The number of carbonyl (C=O) groups excluding carboxylic acids is 1. The maximum Gasteiger partial charge on any atom is 0.262 e. The van der Waals surface area contributed by atoms with Crippen LogP contribution in [0.2, 0.25) is 0 Å². The van der Waals surface area contributed by atoms with Gasteiger partial charge in [-0.05, 0) is 36.1 Å². The molecule has 1 aliphatic rings. The molecule has 0 aliphatic heterocycles. The lowest BCUT2D eigenvalue weighted by molar-refractivity contribution is 0.0944. The Bertz CT molecular complexity index is 512. The Labute approximate surface area is 124 Å². The van der Waals surface area contributed by atoms with Gasteiger partial charge >= 0.3 is 0 Å². The molecule has 2 unspecified atom stereocenters. The molecule has 1 aliphatic carbocycles. The van der Waals surface area contributed by atoms with Crippen LogP contribution in [-0.2, 0) is 0 Å². The van der Waals surface area contributed by atoms with Gasteiger partial charge in [-0.15, -0.1) is 11.3 Å². The van der Waals surface area contributed by atoms with E-state index >= 15 is 0 Å². The maximum atomic E-state index is 12.2. The molecule has 1 heterocycles. The highest BCUT2D eigenvalue weighted by Gasteiger charge is 2.20. The predicted octanol–water partition coefficient (Wildman–Crippen LogP) is 2.61. The fourth-order valence-corrected chi connectivity index (χ4v) is 3.56. The Morgan fingerprint density at radius 2 is 2.40 bits per heavy atom. The molecule has 0 radical (unpaired) electrons. The zero-order valence-electron chi connectivity index (χ0n) is 11.9. The van der Waals surface area contributed by atoms with E-state index in [2.05, 4.69) is 24.1 Å². The van der Waals surface area contributed by atoms with Gasteiger partial charge in [0.05, 0.1) is 6.54 Å². The quantitative estimate of drug-likeness (QED) is 0.841. The zero-order valence-corrected chi connectivity index (χ0v) is 12.8. The summed E-state index contributed by atoms with van der Waals surface area (Å²) in [6, 6.07) is 1.88. The van der Waals surface area contributed by atoms with E-state index < -0.39 is 0 Å². The number of thiophene rings is 1. The lowest BCUT2D eigenvalue weighted by atomic mass is 9.82. The van der Waals surface area contributed by atoms with Crippen molar-refractivity contribution in [2.75, 3.05) is 13.1 Å². The Kier molecular flexibility index (Phi) is 5.63. The van der Waals surface area contributed by atoms with Gasteiger partial charge < -0.3 is 11.1 Å². The van der Waals surface area contributed by atoms with E-state index in [1.165, 1.54) is 37.0 Å². The fourth-order valence-electron chi connectivity index (χ4n) is 2.79. The number of rotatable bonds is 3. The first-order valence-corrected chi connectivity index (χ1v) is 8.13. The van der Waals surface area contributed by atoms with Crippen LogP contribution in [0.25, 0.3) is 0 Å². The second-order valence-corrected chi connectivity index (χ2v) is 6.43. The van der Waals surface area contributed by atoms with Gasteiger partial charge in [0, 0.05) is 12.1 Å². The summed E-state index contributed by atoms with van der Waals surface area (Å²) >= 11 is 1.44. The normalized spacial score (nSPS) is 21.9. The molecule has 2 atom stereocenters. The van der Waals surface area contributed by atoms with Crippen molar-refractivity contribution in [1.82, 2.24) is 5.32 Å². The van der Waals surface area contributed by atoms with Crippen LogP contribution in [0.15, 0.2) is 11.4 Å². The van der Waals surface area contributed by atoms with Crippen LogP contribution in [0.4, 0.5) is 0 Å². The summed E-state index contributed by atoms with van der Waals surface area (Å²) in [4.78, 5) is 12.9. The van der Waals surface area contributed by atoms with Gasteiger partial charge in [0.1, 0.15) is 4.88 Å².